The largest absolute Gasteiger partial charge is 0.310 e. The number of rotatable bonds is 1. The molecular formula is C13H19N. The van der Waals surface area contributed by atoms with Gasteiger partial charge in [-0.3, -0.25) is 0 Å². The van der Waals surface area contributed by atoms with Gasteiger partial charge in [0.1, 0.15) is 0 Å². The topological polar surface area (TPSA) is 12.0 Å². The zero-order valence-corrected chi connectivity index (χ0v) is 9.14. The number of nitrogens with one attached hydrogen (secondary N) is 1. The molecule has 1 aliphatic rings. The summed E-state index contributed by atoms with van der Waals surface area (Å²) in [6.45, 7) is 5.54. The summed E-state index contributed by atoms with van der Waals surface area (Å²) < 4.78 is 0. The summed E-state index contributed by atoms with van der Waals surface area (Å²) in [4.78, 5) is 0. The van der Waals surface area contributed by atoms with Gasteiger partial charge in [-0.2, -0.15) is 0 Å². The van der Waals surface area contributed by atoms with Crippen molar-refractivity contribution >= 4 is 0 Å². The van der Waals surface area contributed by atoms with Gasteiger partial charge < -0.3 is 5.32 Å². The molecule has 0 aliphatic carbocycles. The van der Waals surface area contributed by atoms with Crippen molar-refractivity contribution in [3.05, 3.63) is 34.9 Å². The molecule has 1 fully saturated rings. The van der Waals surface area contributed by atoms with Crippen molar-refractivity contribution in [2.24, 2.45) is 0 Å². The highest BCUT2D eigenvalue weighted by atomic mass is 14.9. The molecule has 1 N–H and O–H groups in total. The van der Waals surface area contributed by atoms with E-state index in [1.165, 1.54) is 42.5 Å². The van der Waals surface area contributed by atoms with Gasteiger partial charge in [-0.1, -0.05) is 35.7 Å². The molecule has 0 radical (unpaired) electrons. The lowest BCUT2D eigenvalue weighted by Gasteiger charge is -2.24. The summed E-state index contributed by atoms with van der Waals surface area (Å²) >= 11 is 0. The first kappa shape index (κ1) is 9.72. The molecule has 0 aromatic heterocycles. The quantitative estimate of drug-likeness (QED) is 0.715. The molecular weight excluding hydrogens is 170 g/mol. The Balaban J connectivity index is 2.21. The standard InChI is InChI=1S/C13H19N/c1-10-7-11(2)9-12(8-10)13-5-3-4-6-14-13/h7-9,13-14H,3-6H2,1-2H3/t13-/m0/s1. The molecule has 1 saturated heterocycles. The van der Waals surface area contributed by atoms with Crippen LogP contribution >= 0.6 is 0 Å². The molecule has 1 aromatic carbocycles. The van der Waals surface area contributed by atoms with Gasteiger partial charge in [0.2, 0.25) is 0 Å². The fourth-order valence-electron chi connectivity index (χ4n) is 2.35. The third-order valence-corrected chi connectivity index (χ3v) is 2.96. The van der Waals surface area contributed by atoms with Gasteiger partial charge >= 0.3 is 0 Å². The van der Waals surface area contributed by atoms with Gasteiger partial charge in [-0.25, -0.2) is 0 Å². The third-order valence-electron chi connectivity index (χ3n) is 2.96. The maximum atomic E-state index is 3.59. The predicted octanol–water partition coefficient (Wildman–Crippen LogP) is 3.12. The number of piperidine rings is 1. The van der Waals surface area contributed by atoms with Crippen LogP contribution in [-0.4, -0.2) is 6.54 Å². The molecule has 1 heteroatoms. The van der Waals surface area contributed by atoms with Crippen molar-refractivity contribution in [3.63, 3.8) is 0 Å². The van der Waals surface area contributed by atoms with E-state index in [0.717, 1.165) is 0 Å². The molecule has 0 bridgehead atoms. The SMILES string of the molecule is Cc1cc(C)cc([C@@H]2CCCCN2)c1. The van der Waals surface area contributed by atoms with Crippen molar-refractivity contribution < 1.29 is 0 Å². The molecule has 1 aliphatic heterocycles. The molecule has 0 saturated carbocycles. The maximum absolute atomic E-state index is 3.59. The summed E-state index contributed by atoms with van der Waals surface area (Å²) in [7, 11) is 0. The highest BCUT2D eigenvalue weighted by Gasteiger charge is 2.14. The van der Waals surface area contributed by atoms with E-state index in [2.05, 4.69) is 37.4 Å². The van der Waals surface area contributed by atoms with Gasteiger partial charge in [-0.15, -0.1) is 0 Å². The van der Waals surface area contributed by atoms with Crippen LogP contribution in [0.3, 0.4) is 0 Å². The summed E-state index contributed by atoms with van der Waals surface area (Å²) in [5, 5.41) is 3.59. The van der Waals surface area contributed by atoms with E-state index in [1.807, 2.05) is 0 Å². The Bertz CT molecular complexity index is 291. The molecule has 1 atom stereocenters. The van der Waals surface area contributed by atoms with Crippen LogP contribution in [0.1, 0.15) is 42.0 Å². The van der Waals surface area contributed by atoms with Crippen molar-refractivity contribution in [3.8, 4) is 0 Å². The second-order valence-corrected chi connectivity index (χ2v) is 4.42. The van der Waals surface area contributed by atoms with Crippen LogP contribution in [0.15, 0.2) is 18.2 Å². The molecule has 1 heterocycles. The van der Waals surface area contributed by atoms with E-state index >= 15 is 0 Å². The van der Waals surface area contributed by atoms with Crippen LogP contribution in [0.2, 0.25) is 0 Å². The van der Waals surface area contributed by atoms with Crippen molar-refractivity contribution in [2.45, 2.75) is 39.2 Å². The summed E-state index contributed by atoms with van der Waals surface area (Å²) in [5.41, 5.74) is 4.24. The second kappa shape index (κ2) is 4.14. The summed E-state index contributed by atoms with van der Waals surface area (Å²) in [6, 6.07) is 7.47. The Kier molecular flexibility index (Phi) is 2.87. The minimum atomic E-state index is 0.599. The van der Waals surface area contributed by atoms with Crippen LogP contribution < -0.4 is 5.32 Å². The lowest BCUT2D eigenvalue weighted by atomic mass is 9.95. The first-order chi connectivity index (χ1) is 6.75. The maximum Gasteiger partial charge on any atom is 0.0320 e. The molecule has 1 aromatic rings. The summed E-state index contributed by atoms with van der Waals surface area (Å²) in [6.07, 6.45) is 3.99. The smallest absolute Gasteiger partial charge is 0.0320 e. The average molecular weight is 189 g/mol. The Hall–Kier alpha value is -0.820. The molecule has 1 nitrogen and oxygen atoms in total. The van der Waals surface area contributed by atoms with Crippen LogP contribution in [0, 0.1) is 13.8 Å². The van der Waals surface area contributed by atoms with E-state index in [1.54, 1.807) is 0 Å². The number of benzene rings is 1. The normalized spacial score (nSPS) is 22.3. The Morgan fingerprint density at radius 2 is 1.79 bits per heavy atom. The molecule has 0 spiro atoms. The van der Waals surface area contributed by atoms with Crippen LogP contribution in [0.25, 0.3) is 0 Å². The monoisotopic (exact) mass is 189 g/mol. The van der Waals surface area contributed by atoms with E-state index in [-0.39, 0.29) is 0 Å². The first-order valence-electron chi connectivity index (χ1n) is 5.57. The van der Waals surface area contributed by atoms with Crippen LogP contribution in [0.5, 0.6) is 0 Å². The minimum absolute atomic E-state index is 0.599. The highest BCUT2D eigenvalue weighted by molar-refractivity contribution is 5.30. The van der Waals surface area contributed by atoms with Gasteiger partial charge in [0, 0.05) is 6.04 Å². The second-order valence-electron chi connectivity index (χ2n) is 4.42. The number of hydrogen-bond donors (Lipinski definition) is 1. The van der Waals surface area contributed by atoms with E-state index in [4.69, 9.17) is 0 Å². The van der Waals surface area contributed by atoms with Gasteiger partial charge in [-0.05, 0) is 38.8 Å². The fourth-order valence-corrected chi connectivity index (χ4v) is 2.35. The third kappa shape index (κ3) is 2.16. The molecule has 2 rings (SSSR count). The first-order valence-corrected chi connectivity index (χ1v) is 5.57. The Labute approximate surface area is 86.5 Å². The Morgan fingerprint density at radius 3 is 2.36 bits per heavy atom. The van der Waals surface area contributed by atoms with E-state index < -0.39 is 0 Å². The molecule has 0 amide bonds. The Morgan fingerprint density at radius 1 is 1.07 bits per heavy atom. The molecule has 14 heavy (non-hydrogen) atoms. The number of aryl methyl sites for hydroxylation is 2. The van der Waals surface area contributed by atoms with Crippen LogP contribution in [0.4, 0.5) is 0 Å². The molecule has 0 unspecified atom stereocenters. The van der Waals surface area contributed by atoms with Crippen LogP contribution in [-0.2, 0) is 0 Å². The predicted molar refractivity (Wildman–Crippen MR) is 60.5 cm³/mol. The van der Waals surface area contributed by atoms with E-state index in [0.29, 0.717) is 6.04 Å². The zero-order chi connectivity index (χ0) is 9.97. The number of hydrogen-bond acceptors (Lipinski definition) is 1. The van der Waals surface area contributed by atoms with Gasteiger partial charge in [0.25, 0.3) is 0 Å². The lowest BCUT2D eigenvalue weighted by Crippen LogP contribution is -2.26. The fraction of sp³-hybridized carbons (Fsp3) is 0.538. The van der Waals surface area contributed by atoms with Crippen molar-refractivity contribution in [2.75, 3.05) is 6.54 Å². The van der Waals surface area contributed by atoms with E-state index in [9.17, 15) is 0 Å². The highest BCUT2D eigenvalue weighted by Crippen LogP contribution is 2.24. The summed E-state index contributed by atoms with van der Waals surface area (Å²) in [5.74, 6) is 0. The van der Waals surface area contributed by atoms with Gasteiger partial charge in [0.05, 0.1) is 0 Å². The van der Waals surface area contributed by atoms with Gasteiger partial charge in [0.15, 0.2) is 0 Å². The minimum Gasteiger partial charge on any atom is -0.310 e. The van der Waals surface area contributed by atoms with Crippen molar-refractivity contribution in [1.29, 1.82) is 0 Å². The molecule has 76 valence electrons. The average Bonchev–Trinajstić information content (AvgIpc) is 2.18. The lowest BCUT2D eigenvalue weighted by molar-refractivity contribution is 0.412. The van der Waals surface area contributed by atoms with Crippen molar-refractivity contribution in [1.82, 2.24) is 5.32 Å². The zero-order valence-electron chi connectivity index (χ0n) is 9.14.